The summed E-state index contributed by atoms with van der Waals surface area (Å²) in [6.45, 7) is 12.7. The molecule has 14 heteroatoms. The number of halogens is 2. The van der Waals surface area contributed by atoms with Crippen molar-refractivity contribution in [2.24, 2.45) is 0 Å². The first-order chi connectivity index (χ1) is 19.4. The molecular weight excluding hydrogens is 567 g/mol. The Bertz CT molecular complexity index is 1540. The summed E-state index contributed by atoms with van der Waals surface area (Å²) >= 11 is 6.33. The monoisotopic (exact) mass is 598 g/mol. The zero-order valence-electron chi connectivity index (χ0n) is 23.5. The fourth-order valence-electron chi connectivity index (χ4n) is 4.14. The van der Waals surface area contributed by atoms with E-state index in [4.69, 9.17) is 20.8 Å². The van der Waals surface area contributed by atoms with Gasteiger partial charge in [-0.15, -0.1) is 0 Å². The number of carbonyl (C=O) groups excluding carboxylic acids is 1. The molecule has 1 saturated heterocycles. The van der Waals surface area contributed by atoms with Gasteiger partial charge in [0, 0.05) is 25.8 Å². The molecular formula is C27H32ClFN8O3Si. The topological polar surface area (TPSA) is 120 Å². The van der Waals surface area contributed by atoms with Gasteiger partial charge in [-0.3, -0.25) is 9.69 Å². The predicted molar refractivity (Wildman–Crippen MR) is 155 cm³/mol. The van der Waals surface area contributed by atoms with Crippen LogP contribution in [0.2, 0.25) is 23.2 Å². The van der Waals surface area contributed by atoms with Gasteiger partial charge in [-0.2, -0.15) is 9.78 Å². The lowest BCUT2D eigenvalue weighted by Gasteiger charge is -2.46. The third-order valence-corrected chi connectivity index (χ3v) is 12.2. The first-order valence-corrected chi connectivity index (χ1v) is 16.5. The highest BCUT2D eigenvalue weighted by atomic mass is 35.5. The number of carbonyl (C=O) groups is 1. The van der Waals surface area contributed by atoms with Crippen LogP contribution in [0.15, 0.2) is 49.2 Å². The number of hydrogen-bond acceptors (Lipinski definition) is 9. The first-order valence-electron chi connectivity index (χ1n) is 13.2. The number of aromatic nitrogens is 6. The fraction of sp³-hybridized carbons (Fsp3) is 0.407. The second-order valence-electron chi connectivity index (χ2n) is 11.5. The second kappa shape index (κ2) is 11.4. The van der Waals surface area contributed by atoms with Crippen LogP contribution in [0.3, 0.4) is 0 Å². The van der Waals surface area contributed by atoms with E-state index in [1.807, 2.05) is 0 Å². The number of ether oxygens (including phenoxy) is 1. The highest BCUT2D eigenvalue weighted by Gasteiger charge is 2.42. The van der Waals surface area contributed by atoms with E-state index in [0.29, 0.717) is 35.0 Å². The SMILES string of the molecule is CC(C)(C)[Si](C)(C)OC1CN(CC(Oc2ncnc3c2cnn3-c2ncccc2Cl)C(=O)Nc2ccc(F)cn2)C1. The van der Waals surface area contributed by atoms with E-state index in [9.17, 15) is 9.18 Å². The lowest BCUT2D eigenvalue weighted by atomic mass is 10.1. The summed E-state index contributed by atoms with van der Waals surface area (Å²) in [7, 11) is -1.92. The van der Waals surface area contributed by atoms with E-state index >= 15 is 0 Å². The molecule has 0 bridgehead atoms. The van der Waals surface area contributed by atoms with Crippen LogP contribution in [0.1, 0.15) is 20.8 Å². The molecule has 0 spiro atoms. The molecule has 4 aromatic rings. The van der Waals surface area contributed by atoms with Crippen molar-refractivity contribution in [1.29, 1.82) is 0 Å². The molecule has 5 rings (SSSR count). The van der Waals surface area contributed by atoms with Gasteiger partial charge in [-0.25, -0.2) is 24.3 Å². The fourth-order valence-corrected chi connectivity index (χ4v) is 5.68. The van der Waals surface area contributed by atoms with Gasteiger partial charge in [0.1, 0.15) is 23.3 Å². The van der Waals surface area contributed by atoms with Crippen molar-refractivity contribution >= 4 is 42.7 Å². The summed E-state index contributed by atoms with van der Waals surface area (Å²) in [5.74, 6) is -0.172. The highest BCUT2D eigenvalue weighted by molar-refractivity contribution is 6.74. The van der Waals surface area contributed by atoms with Gasteiger partial charge < -0.3 is 14.5 Å². The van der Waals surface area contributed by atoms with Crippen molar-refractivity contribution in [3.8, 4) is 11.7 Å². The van der Waals surface area contributed by atoms with Crippen molar-refractivity contribution in [3.05, 3.63) is 60.0 Å². The summed E-state index contributed by atoms with van der Waals surface area (Å²) in [5, 5.41) is 8.08. The molecule has 0 saturated carbocycles. The third-order valence-electron chi connectivity index (χ3n) is 7.41. The summed E-state index contributed by atoms with van der Waals surface area (Å²) < 4.78 is 27.6. The summed E-state index contributed by atoms with van der Waals surface area (Å²) in [6, 6.07) is 6.04. The Morgan fingerprint density at radius 3 is 2.63 bits per heavy atom. The normalized spacial score (nSPS) is 15.5. The van der Waals surface area contributed by atoms with Crippen LogP contribution in [-0.4, -0.2) is 80.7 Å². The highest BCUT2D eigenvalue weighted by Crippen LogP contribution is 2.38. The van der Waals surface area contributed by atoms with E-state index < -0.39 is 26.1 Å². The third kappa shape index (κ3) is 6.37. The molecule has 0 aromatic carbocycles. The lowest BCUT2D eigenvalue weighted by molar-refractivity contribution is -0.125. The average Bonchev–Trinajstić information content (AvgIpc) is 3.32. The Kier molecular flexibility index (Phi) is 8.06. The van der Waals surface area contributed by atoms with Crippen LogP contribution < -0.4 is 10.1 Å². The van der Waals surface area contributed by atoms with Crippen LogP contribution in [0, 0.1) is 5.82 Å². The number of anilines is 1. The van der Waals surface area contributed by atoms with Crippen LogP contribution in [0.4, 0.5) is 10.2 Å². The van der Waals surface area contributed by atoms with E-state index in [1.54, 1.807) is 24.5 Å². The van der Waals surface area contributed by atoms with E-state index in [-0.39, 0.29) is 29.4 Å². The van der Waals surface area contributed by atoms with Crippen LogP contribution in [0.25, 0.3) is 16.9 Å². The molecule has 1 aliphatic rings. The van der Waals surface area contributed by atoms with Gasteiger partial charge in [0.05, 0.1) is 23.5 Å². The van der Waals surface area contributed by atoms with Gasteiger partial charge in [-0.05, 0) is 42.4 Å². The van der Waals surface area contributed by atoms with Crippen molar-refractivity contribution in [2.75, 3.05) is 25.0 Å². The number of hydrogen-bond donors (Lipinski definition) is 1. The predicted octanol–water partition coefficient (Wildman–Crippen LogP) is 4.49. The molecule has 5 heterocycles. The molecule has 1 amide bonds. The van der Waals surface area contributed by atoms with Gasteiger partial charge >= 0.3 is 0 Å². The molecule has 1 N–H and O–H groups in total. The van der Waals surface area contributed by atoms with Crippen LogP contribution >= 0.6 is 11.6 Å². The van der Waals surface area contributed by atoms with Gasteiger partial charge in [-0.1, -0.05) is 32.4 Å². The number of fused-ring (bicyclic) bond motifs is 1. The minimum absolute atomic E-state index is 0.0884. The number of amides is 1. The van der Waals surface area contributed by atoms with Crippen LogP contribution in [0.5, 0.6) is 5.88 Å². The van der Waals surface area contributed by atoms with Gasteiger partial charge in [0.25, 0.3) is 5.91 Å². The molecule has 41 heavy (non-hydrogen) atoms. The quantitative estimate of drug-likeness (QED) is 0.278. The summed E-state index contributed by atoms with van der Waals surface area (Å²) in [4.78, 5) is 32.4. The molecule has 0 radical (unpaired) electrons. The van der Waals surface area contributed by atoms with Gasteiger partial charge in [0.2, 0.25) is 5.88 Å². The molecule has 0 aliphatic carbocycles. The van der Waals surface area contributed by atoms with Crippen molar-refractivity contribution in [3.63, 3.8) is 0 Å². The summed E-state index contributed by atoms with van der Waals surface area (Å²) in [6.07, 6.45) is 4.62. The van der Waals surface area contributed by atoms with E-state index in [1.165, 1.54) is 23.1 Å². The van der Waals surface area contributed by atoms with Crippen molar-refractivity contribution < 1.29 is 18.3 Å². The second-order valence-corrected chi connectivity index (χ2v) is 16.6. The Hall–Kier alpha value is -3.52. The number of likely N-dealkylation sites (tertiary alicyclic amines) is 1. The molecule has 1 atom stereocenters. The number of nitrogens with zero attached hydrogens (tertiary/aromatic N) is 7. The maximum absolute atomic E-state index is 13.4. The van der Waals surface area contributed by atoms with E-state index in [0.717, 1.165) is 6.20 Å². The average molecular weight is 599 g/mol. The largest absolute Gasteiger partial charge is 0.462 e. The molecule has 1 unspecified atom stereocenters. The Labute approximate surface area is 243 Å². The molecule has 4 aromatic heterocycles. The number of rotatable bonds is 9. The molecule has 1 aliphatic heterocycles. The molecule has 11 nitrogen and oxygen atoms in total. The Balaban J connectivity index is 1.36. The standard InChI is InChI=1S/C27H32ClFN8O3Si/c1-27(2,3)41(4,5)40-18-13-36(14-18)15-21(25(38)35-22-9-8-17(29)11-31-22)39-26-19-12-34-37(23(19)32-16-33-26)24-20(28)7-6-10-30-24/h6-12,16,18,21H,13-15H2,1-5H3,(H,31,35,38). The maximum Gasteiger partial charge on any atom is 0.268 e. The minimum atomic E-state index is -1.92. The zero-order chi connectivity index (χ0) is 29.4. The van der Waals surface area contributed by atoms with Crippen LogP contribution in [-0.2, 0) is 9.22 Å². The maximum atomic E-state index is 13.4. The number of nitrogens with one attached hydrogen (secondary N) is 1. The molecule has 1 fully saturated rings. The smallest absolute Gasteiger partial charge is 0.268 e. The zero-order valence-corrected chi connectivity index (χ0v) is 25.3. The summed E-state index contributed by atoms with van der Waals surface area (Å²) in [5.41, 5.74) is 0.418. The van der Waals surface area contributed by atoms with Crippen molar-refractivity contribution in [2.45, 2.75) is 51.1 Å². The Morgan fingerprint density at radius 1 is 1.17 bits per heavy atom. The van der Waals surface area contributed by atoms with E-state index in [2.05, 4.69) is 69.1 Å². The lowest BCUT2D eigenvalue weighted by Crippen LogP contribution is -2.60. The minimum Gasteiger partial charge on any atom is -0.462 e. The first kappa shape index (κ1) is 29.0. The number of pyridine rings is 2. The van der Waals surface area contributed by atoms with Crippen molar-refractivity contribution in [1.82, 2.24) is 34.6 Å². The van der Waals surface area contributed by atoms with Gasteiger partial charge in [0.15, 0.2) is 25.9 Å². The molecule has 216 valence electrons. The Morgan fingerprint density at radius 2 is 1.95 bits per heavy atom.